The Bertz CT molecular complexity index is 3550. The van der Waals surface area contributed by atoms with Gasteiger partial charge in [0.2, 0.25) is 0 Å². The minimum atomic E-state index is -4.04. The molecule has 0 bridgehead atoms. The first-order valence-electron chi connectivity index (χ1n) is 29.7. The van der Waals surface area contributed by atoms with Gasteiger partial charge in [0, 0.05) is 57.6 Å². The molecule has 0 aliphatic carbocycles. The number of hydrogen-bond donors (Lipinski definition) is 0. The molecule has 0 radical (unpaired) electrons. The third-order valence-electron chi connectivity index (χ3n) is 7.61. The van der Waals surface area contributed by atoms with Crippen molar-refractivity contribution >= 4 is 43.6 Å². The van der Waals surface area contributed by atoms with E-state index in [9.17, 15) is 5.48 Å². The fraction of sp³-hybridized carbons (Fsp3) is 0.182. The first-order chi connectivity index (χ1) is 35.4. The van der Waals surface area contributed by atoms with E-state index in [2.05, 4.69) is 0 Å². The number of para-hydroxylation sites is 2. The third kappa shape index (κ3) is 4.55. The average molecular weight is 629 g/mol. The summed E-state index contributed by atoms with van der Waals surface area (Å²) < 4.78 is 279. The van der Waals surface area contributed by atoms with Gasteiger partial charge in [-0.25, -0.2) is 0 Å². The van der Waals surface area contributed by atoms with E-state index in [0.29, 0.717) is 0 Å². The first kappa shape index (κ1) is 10.2. The Hall–Kier alpha value is -5.08. The van der Waals surface area contributed by atoms with Crippen molar-refractivity contribution in [3.05, 3.63) is 144 Å². The molecule has 2 heterocycles. The molecule has 2 nitrogen and oxygen atoms in total. The second-order valence-corrected chi connectivity index (χ2v) is 10.7. The molecule has 8 rings (SSSR count). The van der Waals surface area contributed by atoms with Crippen molar-refractivity contribution in [3.8, 4) is 22.5 Å². The van der Waals surface area contributed by atoms with Crippen molar-refractivity contribution < 1.29 is 43.9 Å². The van der Waals surface area contributed by atoms with Gasteiger partial charge in [0.15, 0.2) is 0 Å². The van der Waals surface area contributed by atoms with Crippen LogP contribution in [-0.2, 0) is 10.8 Å². The van der Waals surface area contributed by atoms with Crippen LogP contribution in [0.4, 0.5) is 0 Å². The van der Waals surface area contributed by atoms with E-state index in [1.165, 1.54) is 48.5 Å². The number of nitrogens with zero attached hydrogens (tertiary/aromatic N) is 2. The number of benzene rings is 6. The SMILES string of the molecule is [2H]c1c([2H])c([2H])c2c(c1[2H])c1c([2H])c([2H])c(C(C([2H])([2H])[2H])(C([2H])([2H])[2H])C([2H])([2H])[2H])c([2H])c1n2-c1cccc(-c2cccc(-n3c4c([2H])c([2H])c([2H])c([2H])c4c4c([2H])c([2H])c(C(C([2H])([2H])[2H])(C([2H])([2H])[2H])C([2H])([2H])[2H])c([2H])c43)c2)c1. The minimum absolute atomic E-state index is 0.122. The summed E-state index contributed by atoms with van der Waals surface area (Å²) in [5.74, 6) is 0. The van der Waals surface area contributed by atoms with Gasteiger partial charge in [-0.3, -0.25) is 0 Å². The maximum atomic E-state index is 9.58. The number of hydrogen-bond acceptors (Lipinski definition) is 0. The zero-order valence-corrected chi connectivity index (χ0v) is 23.5. The highest BCUT2D eigenvalue weighted by molar-refractivity contribution is 6.10. The van der Waals surface area contributed by atoms with Gasteiger partial charge in [0.05, 0.1) is 41.3 Å². The molecule has 0 amide bonds. The van der Waals surface area contributed by atoms with Crippen LogP contribution in [0.1, 0.15) is 96.1 Å². The number of rotatable bonds is 3. The molecule has 0 aliphatic rings. The quantitative estimate of drug-likeness (QED) is 0.184. The molecule has 2 heteroatoms. The summed E-state index contributed by atoms with van der Waals surface area (Å²) in [6.45, 7) is -24.2. The smallest absolute Gasteiger partial charge is 0.0648 e. The van der Waals surface area contributed by atoms with Crippen LogP contribution in [0.5, 0.6) is 0 Å². The lowest BCUT2D eigenvalue weighted by atomic mass is 9.86. The number of fused-ring (bicyclic) bond motifs is 6. The van der Waals surface area contributed by atoms with Crippen LogP contribution in [0.15, 0.2) is 133 Å². The van der Waals surface area contributed by atoms with E-state index in [4.69, 9.17) is 38.4 Å². The molecule has 0 spiro atoms. The molecular weight excluding hydrogens is 556 g/mol. The van der Waals surface area contributed by atoms with Crippen molar-refractivity contribution in [2.75, 3.05) is 0 Å². The fourth-order valence-corrected chi connectivity index (χ4v) is 5.56. The summed E-state index contributed by atoms with van der Waals surface area (Å²) in [5, 5.41) is -2.14. The highest BCUT2D eigenvalue weighted by atomic mass is 15.0. The Labute approximate surface area is 316 Å². The van der Waals surface area contributed by atoms with E-state index in [1.54, 1.807) is 0 Å². The zero-order valence-electron chi connectivity index (χ0n) is 55.5. The maximum Gasteiger partial charge on any atom is 0.0648 e. The molecule has 0 saturated carbocycles. The summed E-state index contributed by atoms with van der Waals surface area (Å²) in [6, 6.07) is -3.02. The molecule has 6 aromatic carbocycles. The minimum Gasteiger partial charge on any atom is -0.309 e. The molecule has 0 atom stereocenters. The van der Waals surface area contributed by atoms with Gasteiger partial charge in [-0.1, -0.05) is 126 Å². The first-order valence-corrected chi connectivity index (χ1v) is 13.7. The predicted molar refractivity (Wildman–Crippen MR) is 198 cm³/mol. The molecule has 8 aromatic rings. The van der Waals surface area contributed by atoms with Crippen LogP contribution in [0, 0.1) is 0 Å². The lowest BCUT2D eigenvalue weighted by Gasteiger charge is -2.20. The maximum absolute atomic E-state index is 9.58. The Morgan fingerprint density at radius 1 is 0.478 bits per heavy atom. The van der Waals surface area contributed by atoms with Gasteiger partial charge in [-0.15, -0.1) is 0 Å². The highest BCUT2D eigenvalue weighted by Crippen LogP contribution is 2.38. The summed E-state index contributed by atoms with van der Waals surface area (Å²) in [4.78, 5) is 0. The second-order valence-electron chi connectivity index (χ2n) is 10.7. The predicted octanol–water partition coefficient (Wildman–Crippen LogP) is 12.1. The van der Waals surface area contributed by atoms with Crippen molar-refractivity contribution in [1.82, 2.24) is 9.13 Å². The van der Waals surface area contributed by atoms with Gasteiger partial charge < -0.3 is 9.13 Å². The Morgan fingerprint density at radius 3 is 1.33 bits per heavy atom. The van der Waals surface area contributed by atoms with Crippen molar-refractivity contribution in [2.24, 2.45) is 0 Å². The van der Waals surface area contributed by atoms with Gasteiger partial charge in [0.25, 0.3) is 0 Å². The van der Waals surface area contributed by atoms with Crippen molar-refractivity contribution in [3.63, 3.8) is 0 Å². The summed E-state index contributed by atoms with van der Waals surface area (Å²) in [6.07, 6.45) is 0. The summed E-state index contributed by atoms with van der Waals surface area (Å²) >= 11 is 0. The lowest BCUT2D eigenvalue weighted by Crippen LogP contribution is -2.10. The van der Waals surface area contributed by atoms with Gasteiger partial charge >= 0.3 is 0 Å². The van der Waals surface area contributed by atoms with Crippen LogP contribution in [0.3, 0.4) is 0 Å². The Morgan fingerprint density at radius 2 is 0.891 bits per heavy atom. The van der Waals surface area contributed by atoms with Crippen molar-refractivity contribution in [1.29, 1.82) is 0 Å². The standard InChI is InChI=1S/C44H40N2/c1-43(2,3)31-21-23-37-35-17-7-9-19-39(35)45(41(37)27-31)33-15-11-13-29(25-33)30-14-12-16-34(26-30)46-40-20-10-8-18-36(40)38-24-22-32(28-42(38)46)44(4,5)6/h7-28H,1-6H3/i1D3,2D3,3D3,4D3,5D3,6D3,7D,8D,9D,10D,17D,18D,19D,20D,21D,22D,23D,24D,27D,28D. The largest absolute Gasteiger partial charge is 0.309 e. The summed E-state index contributed by atoms with van der Waals surface area (Å²) in [7, 11) is 0. The zero-order chi connectivity index (χ0) is 59.0. The second kappa shape index (κ2) is 10.2. The van der Waals surface area contributed by atoms with Crippen LogP contribution >= 0.6 is 0 Å². The van der Waals surface area contributed by atoms with Crippen LogP contribution in [-0.4, -0.2) is 9.13 Å². The molecule has 0 fully saturated rings. The van der Waals surface area contributed by atoms with Crippen LogP contribution < -0.4 is 0 Å². The third-order valence-corrected chi connectivity index (χ3v) is 7.61. The number of aromatic nitrogens is 2. The Kier molecular flexibility index (Phi) is 2.27. The molecule has 0 N–H and O–H groups in total. The van der Waals surface area contributed by atoms with Crippen molar-refractivity contribution in [2.45, 2.75) is 51.9 Å². The molecule has 0 aliphatic heterocycles. The molecule has 2 aromatic heterocycles. The molecule has 46 heavy (non-hydrogen) atoms. The monoisotopic (exact) mass is 629 g/mol. The van der Waals surface area contributed by atoms with E-state index in [0.717, 1.165) is 9.13 Å². The molecule has 0 saturated heterocycles. The van der Waals surface area contributed by atoms with E-state index < -0.39 is 191 Å². The summed E-state index contributed by atoms with van der Waals surface area (Å²) in [5.41, 5.74) is -13.3. The molecule has 0 unspecified atom stereocenters. The highest BCUT2D eigenvalue weighted by Gasteiger charge is 2.20. The van der Waals surface area contributed by atoms with E-state index >= 15 is 0 Å². The van der Waals surface area contributed by atoms with Gasteiger partial charge in [0.1, 0.15) is 0 Å². The van der Waals surface area contributed by atoms with E-state index in [1.807, 2.05) is 0 Å². The molecule has 226 valence electrons. The van der Waals surface area contributed by atoms with Gasteiger partial charge in [-0.2, -0.15) is 0 Å². The lowest BCUT2D eigenvalue weighted by molar-refractivity contribution is 0.590. The molecular formula is C44H40N2. The van der Waals surface area contributed by atoms with Gasteiger partial charge in [-0.05, 0) is 81.5 Å². The Balaban J connectivity index is 1.53. The topological polar surface area (TPSA) is 9.86 Å². The van der Waals surface area contributed by atoms with Crippen LogP contribution in [0.25, 0.3) is 66.1 Å². The average Bonchev–Trinajstić information content (AvgIpc) is 4.07. The fourth-order valence-electron chi connectivity index (χ4n) is 5.56. The van der Waals surface area contributed by atoms with E-state index in [-0.39, 0.29) is 22.5 Å². The van der Waals surface area contributed by atoms with Crippen LogP contribution in [0.2, 0.25) is 0 Å². The normalized spacial score (nSPS) is 24.3.